The maximum absolute atomic E-state index is 11.6. The minimum absolute atomic E-state index is 0.287. The van der Waals surface area contributed by atoms with Crippen molar-refractivity contribution in [3.63, 3.8) is 0 Å². The molecule has 0 amide bonds. The molecule has 0 aliphatic heterocycles. The summed E-state index contributed by atoms with van der Waals surface area (Å²) in [6.45, 7) is 9.35. The number of carboxylic acid groups (broad SMARTS) is 1. The van der Waals surface area contributed by atoms with Crippen LogP contribution in [0.1, 0.15) is 46.0 Å². The minimum Gasteiger partial charge on any atom is -0.480 e. The molecular weight excluding hydrogens is 428 g/mol. The number of rotatable bonds is 7. The van der Waals surface area contributed by atoms with Crippen molar-refractivity contribution in [2.45, 2.75) is 56.2 Å². The maximum atomic E-state index is 11.6. The van der Waals surface area contributed by atoms with Crippen molar-refractivity contribution >= 4 is 29.5 Å². The molecule has 0 aliphatic carbocycles. The van der Waals surface area contributed by atoms with Gasteiger partial charge in [-0.15, -0.1) is 23.5 Å². The normalized spacial score (nSPS) is 12.5. The standard InChI is InChI=1S/C14H18N2O2S.C9H10N2S/c1-5-19-10-6-7-11(16-8-10)14(9-15,12(17)18)13(2,3)4;1-2-12-9-4-3-8(5-6-10)11-7-9/h6-8H,5H2,1-4H3,(H,17,18);3-4,7H,2,5H2,1H3. The molecule has 2 aromatic rings. The SMILES string of the molecule is CCSc1ccc(C(C#N)(C(=O)O)C(C)(C)C)nc1.CCSc1ccc(CC#N)nc1. The van der Waals surface area contributed by atoms with E-state index in [2.05, 4.69) is 23.0 Å². The maximum Gasteiger partial charge on any atom is 0.330 e. The predicted molar refractivity (Wildman–Crippen MR) is 125 cm³/mol. The summed E-state index contributed by atoms with van der Waals surface area (Å²) < 4.78 is 0. The second-order valence-corrected chi connectivity index (χ2v) is 10.2. The Bertz CT molecular complexity index is 927. The van der Waals surface area contributed by atoms with E-state index in [0.29, 0.717) is 6.42 Å². The Balaban J connectivity index is 0.000000343. The molecule has 0 aliphatic rings. The van der Waals surface area contributed by atoms with E-state index in [-0.39, 0.29) is 5.69 Å². The molecular formula is C23H28N4O2S2. The molecule has 2 rings (SSSR count). The number of thioether (sulfide) groups is 2. The highest BCUT2D eigenvalue weighted by atomic mass is 32.2. The summed E-state index contributed by atoms with van der Waals surface area (Å²) in [5.41, 5.74) is -1.25. The van der Waals surface area contributed by atoms with E-state index >= 15 is 0 Å². The van der Waals surface area contributed by atoms with Gasteiger partial charge in [0, 0.05) is 22.2 Å². The Hall–Kier alpha value is -2.55. The number of carboxylic acids is 1. The van der Waals surface area contributed by atoms with E-state index in [1.807, 2.05) is 37.4 Å². The van der Waals surface area contributed by atoms with Crippen molar-refractivity contribution < 1.29 is 9.90 Å². The van der Waals surface area contributed by atoms with Gasteiger partial charge in [-0.05, 0) is 41.2 Å². The first-order valence-corrected chi connectivity index (χ1v) is 11.8. The molecule has 1 atom stereocenters. The molecule has 2 aromatic heterocycles. The van der Waals surface area contributed by atoms with E-state index in [9.17, 15) is 15.2 Å². The smallest absolute Gasteiger partial charge is 0.330 e. The number of pyridine rings is 2. The fourth-order valence-corrected chi connectivity index (χ4v) is 4.04. The summed E-state index contributed by atoms with van der Waals surface area (Å²) in [5.74, 6) is 0.813. The molecule has 1 unspecified atom stereocenters. The molecule has 8 heteroatoms. The molecule has 31 heavy (non-hydrogen) atoms. The van der Waals surface area contributed by atoms with Crippen LogP contribution in [0.3, 0.4) is 0 Å². The monoisotopic (exact) mass is 456 g/mol. The van der Waals surface area contributed by atoms with Gasteiger partial charge in [-0.2, -0.15) is 10.5 Å². The van der Waals surface area contributed by atoms with Crippen molar-refractivity contribution in [3.05, 3.63) is 48.0 Å². The minimum atomic E-state index is -1.64. The van der Waals surface area contributed by atoms with Crippen molar-refractivity contribution in [2.75, 3.05) is 11.5 Å². The van der Waals surface area contributed by atoms with Gasteiger partial charge in [0.2, 0.25) is 5.41 Å². The Morgan fingerprint density at radius 2 is 1.55 bits per heavy atom. The van der Waals surface area contributed by atoms with Crippen LogP contribution < -0.4 is 0 Å². The third-order valence-corrected chi connectivity index (χ3v) is 6.14. The lowest BCUT2D eigenvalue weighted by molar-refractivity contribution is -0.145. The zero-order chi connectivity index (χ0) is 23.5. The summed E-state index contributed by atoms with van der Waals surface area (Å²) >= 11 is 3.38. The van der Waals surface area contributed by atoms with Gasteiger partial charge in [0.1, 0.15) is 0 Å². The van der Waals surface area contributed by atoms with Crippen molar-refractivity contribution in [1.29, 1.82) is 10.5 Å². The number of aromatic nitrogens is 2. The molecule has 0 radical (unpaired) electrons. The second kappa shape index (κ2) is 12.3. The van der Waals surface area contributed by atoms with Crippen LogP contribution in [0.2, 0.25) is 0 Å². The van der Waals surface area contributed by atoms with Crippen LogP contribution in [0.5, 0.6) is 0 Å². The third kappa shape index (κ3) is 6.99. The first kappa shape index (κ1) is 26.5. The van der Waals surface area contributed by atoms with Crippen molar-refractivity contribution in [1.82, 2.24) is 9.97 Å². The largest absolute Gasteiger partial charge is 0.480 e. The van der Waals surface area contributed by atoms with Crippen LogP contribution in [0, 0.1) is 28.1 Å². The molecule has 0 saturated heterocycles. The average molecular weight is 457 g/mol. The van der Waals surface area contributed by atoms with Gasteiger partial charge < -0.3 is 5.11 Å². The van der Waals surface area contributed by atoms with E-state index in [1.54, 1.807) is 56.6 Å². The van der Waals surface area contributed by atoms with Crippen LogP contribution in [0.4, 0.5) is 0 Å². The fraction of sp³-hybridized carbons (Fsp3) is 0.435. The topological polar surface area (TPSA) is 111 Å². The first-order chi connectivity index (χ1) is 14.7. The summed E-state index contributed by atoms with van der Waals surface area (Å²) in [6.07, 6.45) is 3.85. The van der Waals surface area contributed by atoms with E-state index in [0.717, 1.165) is 22.1 Å². The van der Waals surface area contributed by atoms with Gasteiger partial charge in [-0.1, -0.05) is 34.6 Å². The number of nitrogens with zero attached hydrogens (tertiary/aromatic N) is 4. The van der Waals surface area contributed by atoms with Gasteiger partial charge in [0.25, 0.3) is 0 Å². The van der Waals surface area contributed by atoms with E-state index in [1.165, 1.54) is 4.90 Å². The van der Waals surface area contributed by atoms with Crippen molar-refractivity contribution in [2.24, 2.45) is 5.41 Å². The Morgan fingerprint density at radius 1 is 1.00 bits per heavy atom. The number of carbonyl (C=O) groups is 1. The van der Waals surface area contributed by atoms with Crippen LogP contribution in [0.25, 0.3) is 0 Å². The molecule has 164 valence electrons. The number of hydrogen-bond acceptors (Lipinski definition) is 7. The van der Waals surface area contributed by atoms with Gasteiger partial charge in [0.05, 0.1) is 29.9 Å². The fourth-order valence-electron chi connectivity index (χ4n) is 2.79. The Morgan fingerprint density at radius 3 is 1.87 bits per heavy atom. The third-order valence-electron chi connectivity index (χ3n) is 4.41. The average Bonchev–Trinajstić information content (AvgIpc) is 2.71. The molecule has 0 saturated carbocycles. The lowest BCUT2D eigenvalue weighted by Gasteiger charge is -2.34. The van der Waals surface area contributed by atoms with Crippen LogP contribution >= 0.6 is 23.5 Å². The van der Waals surface area contributed by atoms with Crippen LogP contribution in [0.15, 0.2) is 46.5 Å². The van der Waals surface area contributed by atoms with E-state index < -0.39 is 16.8 Å². The van der Waals surface area contributed by atoms with Gasteiger partial charge >= 0.3 is 5.97 Å². The summed E-state index contributed by atoms with van der Waals surface area (Å²) in [7, 11) is 0. The highest BCUT2D eigenvalue weighted by Gasteiger charge is 2.52. The molecule has 0 aromatic carbocycles. The summed E-state index contributed by atoms with van der Waals surface area (Å²) in [5, 5.41) is 27.3. The molecule has 0 bridgehead atoms. The zero-order valence-electron chi connectivity index (χ0n) is 18.5. The first-order valence-electron chi connectivity index (χ1n) is 9.84. The summed E-state index contributed by atoms with van der Waals surface area (Å²) in [6, 6.07) is 11.4. The second-order valence-electron chi connectivity index (χ2n) is 7.48. The quantitative estimate of drug-likeness (QED) is 0.555. The lowest BCUT2D eigenvalue weighted by atomic mass is 9.65. The van der Waals surface area contributed by atoms with Crippen LogP contribution in [-0.4, -0.2) is 32.5 Å². The van der Waals surface area contributed by atoms with Gasteiger partial charge in [0.15, 0.2) is 0 Å². The predicted octanol–water partition coefficient (Wildman–Crippen LogP) is 5.35. The highest BCUT2D eigenvalue weighted by Crippen LogP contribution is 2.41. The highest BCUT2D eigenvalue weighted by molar-refractivity contribution is 7.99. The van der Waals surface area contributed by atoms with E-state index in [4.69, 9.17) is 5.26 Å². The molecule has 2 heterocycles. The van der Waals surface area contributed by atoms with Crippen molar-refractivity contribution in [3.8, 4) is 12.1 Å². The number of aliphatic carboxylic acids is 1. The number of nitriles is 2. The molecule has 6 nitrogen and oxygen atoms in total. The Kier molecular flexibility index (Phi) is 10.5. The number of hydrogen-bond donors (Lipinski definition) is 1. The lowest BCUT2D eigenvalue weighted by Crippen LogP contribution is -2.46. The summed E-state index contributed by atoms with van der Waals surface area (Å²) in [4.78, 5) is 22.1. The zero-order valence-corrected chi connectivity index (χ0v) is 20.2. The molecule has 0 fully saturated rings. The van der Waals surface area contributed by atoms with Gasteiger partial charge in [-0.3, -0.25) is 14.8 Å². The molecule has 1 N–H and O–H groups in total. The van der Waals surface area contributed by atoms with Gasteiger partial charge in [-0.25, -0.2) is 0 Å². The Labute approximate surface area is 193 Å². The molecule has 0 spiro atoms. The van der Waals surface area contributed by atoms with Crippen LogP contribution in [-0.2, 0) is 16.6 Å².